The number of nitrogens with one attached hydrogen (secondary N) is 1. The van der Waals surface area contributed by atoms with Gasteiger partial charge in [-0.25, -0.2) is 27.5 Å². The summed E-state index contributed by atoms with van der Waals surface area (Å²) in [5.41, 5.74) is -0.134. The molecule has 1 aromatic heterocycles. The van der Waals surface area contributed by atoms with Crippen LogP contribution in [0, 0.1) is 12.1 Å². The van der Waals surface area contributed by atoms with Crippen LogP contribution in [-0.4, -0.2) is 75.9 Å². The summed E-state index contributed by atoms with van der Waals surface area (Å²) in [6.45, 7) is 7.28. The fraction of sp³-hybridized carbons (Fsp3) is 0.294. The summed E-state index contributed by atoms with van der Waals surface area (Å²) in [5, 5.41) is 21.2. The Kier molecular flexibility index (Phi) is 10.5. The number of aryl methyl sites for hydroxylation is 1. The Hall–Kier alpha value is -5.98. The lowest BCUT2D eigenvalue weighted by Crippen LogP contribution is -2.48. The number of hydrogen-bond acceptors (Lipinski definition) is 10. The molecule has 3 amide bonds. The van der Waals surface area contributed by atoms with Crippen molar-refractivity contribution >= 4 is 27.9 Å². The second-order valence-electron chi connectivity index (χ2n) is 12.8. The van der Waals surface area contributed by atoms with Crippen LogP contribution in [0.25, 0.3) is 16.9 Å². The number of halogens is 3. The van der Waals surface area contributed by atoms with Crippen LogP contribution in [0.15, 0.2) is 89.0 Å². The number of hydrogen-bond donors (Lipinski definition) is 1. The zero-order valence-corrected chi connectivity index (χ0v) is 29.8. The average molecular weight is 758 g/mol. The smallest absolute Gasteiger partial charge is 0.435 e. The van der Waals surface area contributed by atoms with Crippen molar-refractivity contribution in [2.24, 2.45) is 5.28 Å². The van der Waals surface area contributed by atoms with Gasteiger partial charge in [0.15, 0.2) is 5.69 Å². The molecule has 0 aliphatic carbocycles. The van der Waals surface area contributed by atoms with Crippen molar-refractivity contribution in [1.29, 1.82) is 0 Å². The van der Waals surface area contributed by atoms with Crippen LogP contribution in [0.3, 0.4) is 0 Å². The first-order valence-corrected chi connectivity index (χ1v) is 17.4. The second kappa shape index (κ2) is 14.6. The van der Waals surface area contributed by atoms with Crippen LogP contribution in [0.1, 0.15) is 59.7 Å². The SMILES string of the molecule is Cc1ccc(-c2cc(C(F)(F)F)nn2-c2ccc(S(=O)(=O)NC(=O)OCCN(/[N+]([O-])=N/OC(C)N3C(=O)c4ccccc4C3=O)C(C)(C)C)cc2)cc1. The number of alkyl halides is 3. The molecule has 15 nitrogen and oxygen atoms in total. The molecule has 1 aliphatic rings. The first-order chi connectivity index (χ1) is 24.8. The summed E-state index contributed by atoms with van der Waals surface area (Å²) in [6.07, 6.45) is -7.37. The molecule has 19 heteroatoms. The Morgan fingerprint density at radius 2 is 1.58 bits per heavy atom. The van der Waals surface area contributed by atoms with Crippen molar-refractivity contribution in [3.8, 4) is 16.9 Å². The largest absolute Gasteiger partial charge is 0.569 e. The van der Waals surface area contributed by atoms with Crippen molar-refractivity contribution in [3.05, 3.63) is 106 Å². The maximum atomic E-state index is 13.6. The quantitative estimate of drug-likeness (QED) is 0.0847. The molecule has 1 aliphatic heterocycles. The fourth-order valence-electron chi connectivity index (χ4n) is 5.25. The minimum atomic E-state index is -4.74. The van der Waals surface area contributed by atoms with Gasteiger partial charge in [-0.1, -0.05) is 42.0 Å². The van der Waals surface area contributed by atoms with Crippen LogP contribution in [0.2, 0.25) is 0 Å². The van der Waals surface area contributed by atoms with Gasteiger partial charge in [-0.15, -0.1) is 5.01 Å². The molecule has 0 radical (unpaired) electrons. The number of hydrazine groups is 1. The molecular weight excluding hydrogens is 723 g/mol. The lowest BCUT2D eigenvalue weighted by Gasteiger charge is -2.30. The van der Waals surface area contributed by atoms with E-state index in [0.29, 0.717) is 5.56 Å². The van der Waals surface area contributed by atoms with Crippen LogP contribution < -0.4 is 4.72 Å². The molecular formula is C34H34F3N7O8S. The second-order valence-corrected chi connectivity index (χ2v) is 14.5. The molecule has 1 atom stereocenters. The van der Waals surface area contributed by atoms with Crippen molar-refractivity contribution in [2.45, 2.75) is 57.5 Å². The predicted molar refractivity (Wildman–Crippen MR) is 180 cm³/mol. The van der Waals surface area contributed by atoms with E-state index in [-0.39, 0.29) is 34.0 Å². The molecule has 280 valence electrons. The first kappa shape index (κ1) is 38.3. The molecule has 4 aromatic rings. The van der Waals surface area contributed by atoms with Gasteiger partial charge in [0.05, 0.1) is 37.9 Å². The third kappa shape index (κ3) is 8.40. The van der Waals surface area contributed by atoms with E-state index in [1.54, 1.807) is 61.9 Å². The number of amides is 3. The Morgan fingerprint density at radius 1 is 1.00 bits per heavy atom. The maximum absolute atomic E-state index is 13.6. The van der Waals surface area contributed by atoms with E-state index in [2.05, 4.69) is 10.4 Å². The molecule has 0 saturated heterocycles. The molecule has 1 unspecified atom stereocenters. The van der Waals surface area contributed by atoms with Crippen LogP contribution in [0.5, 0.6) is 0 Å². The summed E-state index contributed by atoms with van der Waals surface area (Å²) in [7, 11) is -4.51. The van der Waals surface area contributed by atoms with E-state index in [4.69, 9.17) is 9.57 Å². The third-order valence-electron chi connectivity index (χ3n) is 7.93. The lowest BCUT2D eigenvalue weighted by atomic mass is 10.1. The molecule has 0 fully saturated rings. The molecule has 1 N–H and O–H groups in total. The molecule has 3 aromatic carbocycles. The van der Waals surface area contributed by atoms with Gasteiger partial charge in [0.2, 0.25) is 11.5 Å². The number of benzene rings is 3. The Balaban J connectivity index is 1.21. The van der Waals surface area contributed by atoms with E-state index < -0.39 is 63.1 Å². The van der Waals surface area contributed by atoms with Crippen molar-refractivity contribution in [2.75, 3.05) is 13.2 Å². The Morgan fingerprint density at radius 3 is 2.13 bits per heavy atom. The highest BCUT2D eigenvalue weighted by atomic mass is 32.2. The van der Waals surface area contributed by atoms with E-state index in [1.165, 1.54) is 31.2 Å². The van der Waals surface area contributed by atoms with Crippen molar-refractivity contribution < 1.29 is 50.5 Å². The number of carbonyl (C=O) groups is 3. The highest BCUT2D eigenvalue weighted by molar-refractivity contribution is 7.90. The summed E-state index contributed by atoms with van der Waals surface area (Å²) in [5.74, 6) is -1.23. The summed E-state index contributed by atoms with van der Waals surface area (Å²) >= 11 is 0. The maximum Gasteiger partial charge on any atom is 0.435 e. The Bertz CT molecular complexity index is 2130. The fourth-order valence-corrected chi connectivity index (χ4v) is 6.14. The highest BCUT2D eigenvalue weighted by Gasteiger charge is 2.40. The van der Waals surface area contributed by atoms with Gasteiger partial charge in [-0.3, -0.25) is 9.59 Å². The Labute approximate surface area is 301 Å². The van der Waals surface area contributed by atoms with Gasteiger partial charge in [0.1, 0.15) is 13.2 Å². The predicted octanol–water partition coefficient (Wildman–Crippen LogP) is 5.83. The van der Waals surface area contributed by atoms with Gasteiger partial charge in [0, 0.05) is 5.56 Å². The number of ether oxygens (including phenoxy) is 1. The topological polar surface area (TPSA) is 179 Å². The third-order valence-corrected chi connectivity index (χ3v) is 9.26. The summed E-state index contributed by atoms with van der Waals surface area (Å²) < 4.78 is 74.4. The summed E-state index contributed by atoms with van der Waals surface area (Å²) in [6, 6.07) is 18.4. The molecule has 5 rings (SSSR count). The van der Waals surface area contributed by atoms with E-state index >= 15 is 0 Å². The van der Waals surface area contributed by atoms with Crippen molar-refractivity contribution in [1.82, 2.24) is 24.4 Å². The van der Waals surface area contributed by atoms with Gasteiger partial charge in [-0.05, 0) is 77.1 Å². The van der Waals surface area contributed by atoms with Crippen molar-refractivity contribution in [3.63, 3.8) is 0 Å². The van der Waals surface area contributed by atoms with Gasteiger partial charge >= 0.3 is 12.3 Å². The molecule has 0 bridgehead atoms. The molecule has 53 heavy (non-hydrogen) atoms. The minimum Gasteiger partial charge on any atom is -0.569 e. The molecule has 0 spiro atoms. The van der Waals surface area contributed by atoms with Gasteiger partial charge in [0.25, 0.3) is 21.8 Å². The molecule has 2 heterocycles. The zero-order chi connectivity index (χ0) is 38.9. The monoisotopic (exact) mass is 757 g/mol. The van der Waals surface area contributed by atoms with Crippen LogP contribution in [0.4, 0.5) is 18.0 Å². The number of fused-ring (bicyclic) bond motifs is 1. The number of rotatable bonds is 11. The molecule has 0 saturated carbocycles. The van der Waals surface area contributed by atoms with Crippen LogP contribution in [-0.2, 0) is 25.8 Å². The number of aromatic nitrogens is 2. The van der Waals surface area contributed by atoms with Gasteiger partial charge in [-0.2, -0.15) is 18.3 Å². The lowest BCUT2D eigenvalue weighted by molar-refractivity contribution is -0.726. The zero-order valence-electron chi connectivity index (χ0n) is 29.0. The van der Waals surface area contributed by atoms with Gasteiger partial charge < -0.3 is 14.8 Å². The van der Waals surface area contributed by atoms with Crippen LogP contribution >= 0.6 is 0 Å². The number of nitrogens with zero attached hydrogens (tertiary/aromatic N) is 6. The van der Waals surface area contributed by atoms with E-state index in [1.807, 2.05) is 6.92 Å². The summed E-state index contributed by atoms with van der Waals surface area (Å²) in [4.78, 5) is 43.6. The normalized spacial score (nSPS) is 14.2. The number of sulfonamides is 1. The van der Waals surface area contributed by atoms with E-state index in [0.717, 1.165) is 38.4 Å². The standard InChI is InChI=1S/C34H34F3N7O8S/c1-21-10-12-23(13-11-21)28-20-29(34(35,36)37)38-43(28)24-14-16-25(17-15-24)53(49,50)39-32(47)51-19-18-41(33(3,4)5)44(48)40-52-22(2)42-30(45)26-8-6-7-9-27(26)31(42)46/h6-17,20,22H,18-19H2,1-5H3,(H,39,47)/b44-40-. The first-order valence-electron chi connectivity index (χ1n) is 15.9. The van der Waals surface area contributed by atoms with E-state index in [9.17, 15) is 41.2 Å². The highest BCUT2D eigenvalue weighted by Crippen LogP contribution is 2.33. The number of carbonyl (C=O) groups excluding carboxylic acids is 3. The minimum absolute atomic E-state index is 0.0513. The number of imide groups is 1. The average Bonchev–Trinajstić information content (AvgIpc) is 3.65.